The minimum Gasteiger partial charge on any atom is -0.348 e. The van der Waals surface area contributed by atoms with Crippen molar-refractivity contribution < 1.29 is 0 Å². The van der Waals surface area contributed by atoms with Gasteiger partial charge >= 0.3 is 0 Å². The predicted octanol–water partition coefficient (Wildman–Crippen LogP) is -0.122. The number of imidazole rings is 1. The number of aryl methyl sites for hydroxylation is 1. The molecule has 2 aromatic heterocycles. The summed E-state index contributed by atoms with van der Waals surface area (Å²) >= 11 is 0. The summed E-state index contributed by atoms with van der Waals surface area (Å²) in [5.41, 5.74) is 1.90. The molecular weight excluding hydrogens is 318 g/mol. The van der Waals surface area contributed by atoms with Crippen molar-refractivity contribution in [3.63, 3.8) is 0 Å². The predicted molar refractivity (Wildman–Crippen MR) is 93.2 cm³/mol. The van der Waals surface area contributed by atoms with Crippen molar-refractivity contribution in [3.05, 3.63) is 84.5 Å². The summed E-state index contributed by atoms with van der Waals surface area (Å²) in [5.74, 6) is 0. The van der Waals surface area contributed by atoms with Crippen LogP contribution in [0.15, 0.2) is 40.2 Å². The Morgan fingerprint density at radius 3 is 2.32 bits per heavy atom. The van der Waals surface area contributed by atoms with Crippen molar-refractivity contribution in [2.75, 3.05) is 0 Å². The van der Waals surface area contributed by atoms with Gasteiger partial charge in [-0.05, 0) is 36.3 Å². The average Bonchev–Trinajstić information content (AvgIpc) is 3.07. The molecule has 0 fully saturated rings. The maximum atomic E-state index is 12.3. The maximum Gasteiger partial charge on any atom is 0.272 e. The van der Waals surface area contributed by atoms with E-state index in [1.807, 2.05) is 13.0 Å². The summed E-state index contributed by atoms with van der Waals surface area (Å²) in [5, 5.41) is 9.08. The van der Waals surface area contributed by atoms with Crippen molar-refractivity contribution in [2.45, 2.75) is 13.3 Å². The molecule has 0 bridgehead atoms. The van der Waals surface area contributed by atoms with E-state index in [0.717, 1.165) is 12.1 Å². The Morgan fingerprint density at radius 2 is 1.72 bits per heavy atom. The van der Waals surface area contributed by atoms with Crippen LogP contribution in [-0.2, 0) is 6.42 Å². The lowest BCUT2D eigenvalue weighted by atomic mass is 10.1. The molecule has 0 aliphatic carbocycles. The lowest BCUT2D eigenvalue weighted by molar-refractivity contribution is 0.998. The molecule has 3 rings (SSSR count). The van der Waals surface area contributed by atoms with Crippen LogP contribution in [-0.4, -0.2) is 19.9 Å². The Kier molecular flexibility index (Phi) is 4.44. The lowest BCUT2D eigenvalue weighted by Crippen LogP contribution is -2.46. The number of H-pyrrole nitrogens is 3. The van der Waals surface area contributed by atoms with E-state index in [1.165, 1.54) is 0 Å². The van der Waals surface area contributed by atoms with Gasteiger partial charge in [0.25, 0.3) is 11.1 Å². The average molecular weight is 333 g/mol. The van der Waals surface area contributed by atoms with Crippen molar-refractivity contribution in [2.24, 2.45) is 0 Å². The van der Waals surface area contributed by atoms with Crippen LogP contribution >= 0.6 is 0 Å². The minimum atomic E-state index is -0.413. The third-order valence-corrected chi connectivity index (χ3v) is 3.72. The van der Waals surface area contributed by atoms with Crippen molar-refractivity contribution in [1.82, 2.24) is 19.9 Å². The van der Waals surface area contributed by atoms with Crippen LogP contribution in [0.5, 0.6) is 0 Å². The molecule has 2 heterocycles. The van der Waals surface area contributed by atoms with E-state index in [9.17, 15) is 9.59 Å². The van der Waals surface area contributed by atoms with Gasteiger partial charge in [0.2, 0.25) is 0 Å². The molecule has 7 nitrogen and oxygen atoms in total. The van der Waals surface area contributed by atoms with E-state index in [1.54, 1.807) is 42.7 Å². The zero-order valence-corrected chi connectivity index (χ0v) is 13.5. The van der Waals surface area contributed by atoms with Gasteiger partial charge in [0.1, 0.15) is 10.7 Å². The van der Waals surface area contributed by atoms with Crippen molar-refractivity contribution in [3.8, 4) is 6.07 Å². The van der Waals surface area contributed by atoms with E-state index in [2.05, 4.69) is 19.9 Å². The van der Waals surface area contributed by atoms with Gasteiger partial charge in [0.15, 0.2) is 0 Å². The largest absolute Gasteiger partial charge is 0.348 e. The number of nitrogens with one attached hydrogen (secondary N) is 3. The highest BCUT2D eigenvalue weighted by atomic mass is 16.1. The molecule has 0 amide bonds. The number of aromatic amines is 3. The highest BCUT2D eigenvalue weighted by molar-refractivity contribution is 5.50. The summed E-state index contributed by atoms with van der Waals surface area (Å²) in [6.07, 6.45) is 5.38. The molecule has 0 spiro atoms. The quantitative estimate of drug-likeness (QED) is 0.619. The molecule has 0 aliphatic heterocycles. The van der Waals surface area contributed by atoms with Crippen LogP contribution in [0.1, 0.15) is 29.4 Å². The van der Waals surface area contributed by atoms with E-state index in [4.69, 9.17) is 5.26 Å². The van der Waals surface area contributed by atoms with Crippen LogP contribution in [0.3, 0.4) is 0 Å². The molecule has 124 valence electrons. The highest BCUT2D eigenvalue weighted by Gasteiger charge is 2.02. The smallest absolute Gasteiger partial charge is 0.272 e. The first-order chi connectivity index (χ1) is 12.1. The molecule has 7 heteroatoms. The second-order valence-corrected chi connectivity index (χ2v) is 5.38. The number of nitriles is 1. The second-order valence-electron chi connectivity index (χ2n) is 5.38. The molecule has 0 atom stereocenters. The minimum absolute atomic E-state index is 0.142. The van der Waals surface area contributed by atoms with E-state index < -0.39 is 11.1 Å². The topological polar surface area (TPSA) is 118 Å². The number of hydrogen-bond donors (Lipinski definition) is 3. The van der Waals surface area contributed by atoms with Gasteiger partial charge in [-0.25, -0.2) is 4.98 Å². The summed E-state index contributed by atoms with van der Waals surface area (Å²) < 4.78 is 0. The second kappa shape index (κ2) is 6.84. The Balaban J connectivity index is 2.09. The monoisotopic (exact) mass is 333 g/mol. The first-order valence-corrected chi connectivity index (χ1v) is 7.69. The number of benzene rings is 1. The van der Waals surface area contributed by atoms with Crippen LogP contribution in [0.4, 0.5) is 0 Å². The Hall–Kier alpha value is -3.66. The first-order valence-electron chi connectivity index (χ1n) is 7.69. The SMILES string of the molecule is CCc1[nH]cnc1/C=c1\[nH]c(=O)/c(=C/c2ccc(C#N)cc2)[nH]c1=O. The van der Waals surface area contributed by atoms with Crippen LogP contribution in [0.25, 0.3) is 12.2 Å². The standard InChI is InChI=1S/C18H15N5O2/c1-2-13-14(21-10-20-13)8-16-18(25)22-15(17(24)23-16)7-11-3-5-12(9-19)6-4-11/h3-8,10H,2H2,1H3,(H,20,21)(H,22,25)(H,23,24)/b15-7-,16-8-. The molecule has 0 saturated carbocycles. The zero-order valence-electron chi connectivity index (χ0n) is 13.5. The molecule has 0 unspecified atom stereocenters. The summed E-state index contributed by atoms with van der Waals surface area (Å²) in [6, 6.07) is 8.71. The van der Waals surface area contributed by atoms with Gasteiger partial charge in [-0.2, -0.15) is 5.26 Å². The number of aromatic nitrogens is 4. The summed E-state index contributed by atoms with van der Waals surface area (Å²) in [4.78, 5) is 36.8. The van der Waals surface area contributed by atoms with E-state index >= 15 is 0 Å². The van der Waals surface area contributed by atoms with Crippen molar-refractivity contribution in [1.29, 1.82) is 5.26 Å². The maximum absolute atomic E-state index is 12.3. The van der Waals surface area contributed by atoms with Gasteiger partial charge in [0, 0.05) is 5.69 Å². The first kappa shape index (κ1) is 16.2. The van der Waals surface area contributed by atoms with Gasteiger partial charge in [0.05, 0.1) is 23.7 Å². The molecule has 25 heavy (non-hydrogen) atoms. The van der Waals surface area contributed by atoms with Gasteiger partial charge < -0.3 is 15.0 Å². The third kappa shape index (κ3) is 3.48. The molecule has 0 radical (unpaired) electrons. The Bertz CT molecular complexity index is 1170. The fourth-order valence-electron chi connectivity index (χ4n) is 2.39. The molecule has 3 N–H and O–H groups in total. The summed E-state index contributed by atoms with van der Waals surface area (Å²) in [7, 11) is 0. The van der Waals surface area contributed by atoms with Gasteiger partial charge in [-0.3, -0.25) is 9.59 Å². The fourth-order valence-corrected chi connectivity index (χ4v) is 2.39. The van der Waals surface area contributed by atoms with Crippen LogP contribution in [0.2, 0.25) is 0 Å². The van der Waals surface area contributed by atoms with Gasteiger partial charge in [-0.15, -0.1) is 0 Å². The molecule has 1 aromatic carbocycles. The normalized spacial score (nSPS) is 12.3. The van der Waals surface area contributed by atoms with Gasteiger partial charge in [-0.1, -0.05) is 19.1 Å². The third-order valence-electron chi connectivity index (χ3n) is 3.72. The number of nitrogens with zero attached hydrogens (tertiary/aromatic N) is 2. The van der Waals surface area contributed by atoms with E-state index in [0.29, 0.717) is 16.8 Å². The zero-order chi connectivity index (χ0) is 17.8. The number of rotatable bonds is 3. The molecule has 0 aliphatic rings. The van der Waals surface area contributed by atoms with Crippen molar-refractivity contribution >= 4 is 12.2 Å². The fraction of sp³-hybridized carbons (Fsp3) is 0.111. The van der Waals surface area contributed by atoms with Crippen LogP contribution in [0, 0.1) is 11.3 Å². The molecule has 0 saturated heterocycles. The lowest BCUT2D eigenvalue weighted by Gasteiger charge is -1.95. The highest BCUT2D eigenvalue weighted by Crippen LogP contribution is 2.03. The Morgan fingerprint density at radius 1 is 1.08 bits per heavy atom. The van der Waals surface area contributed by atoms with Crippen LogP contribution < -0.4 is 21.8 Å². The number of hydrogen-bond acceptors (Lipinski definition) is 4. The Labute approximate surface area is 142 Å². The molecular formula is C18H15N5O2. The molecule has 3 aromatic rings. The summed E-state index contributed by atoms with van der Waals surface area (Å²) in [6.45, 7) is 1.97. The van der Waals surface area contributed by atoms with E-state index in [-0.39, 0.29) is 10.7 Å².